The van der Waals surface area contributed by atoms with Crippen molar-refractivity contribution in [1.29, 1.82) is 0 Å². The molecule has 1 N–H and O–H groups in total. The van der Waals surface area contributed by atoms with Gasteiger partial charge in [0.2, 0.25) is 0 Å². The normalized spacial score (nSPS) is 16.0. The van der Waals surface area contributed by atoms with E-state index in [2.05, 4.69) is 23.2 Å². The second-order valence-corrected chi connectivity index (χ2v) is 6.79. The number of nitrogens with one attached hydrogen (secondary N) is 1. The van der Waals surface area contributed by atoms with Crippen LogP contribution in [0.2, 0.25) is 0 Å². The van der Waals surface area contributed by atoms with Crippen molar-refractivity contribution >= 4 is 11.6 Å². The van der Waals surface area contributed by atoms with Crippen molar-refractivity contribution in [2.24, 2.45) is 0 Å². The Bertz CT molecular complexity index is 577. The van der Waals surface area contributed by atoms with Gasteiger partial charge in [0.25, 0.3) is 0 Å². The van der Waals surface area contributed by atoms with Gasteiger partial charge in [0.15, 0.2) is 0 Å². The fourth-order valence-electron chi connectivity index (χ4n) is 3.28. The lowest BCUT2D eigenvalue weighted by Gasteiger charge is -2.34. The Balaban J connectivity index is 1.79. The number of amides is 2. The summed E-state index contributed by atoms with van der Waals surface area (Å²) in [7, 11) is 0. The highest BCUT2D eigenvalue weighted by Crippen LogP contribution is 2.22. The minimum Gasteiger partial charge on any atom is -0.338 e. The maximum atomic E-state index is 13.2. The van der Waals surface area contributed by atoms with E-state index in [1.54, 1.807) is 0 Å². The molecule has 2 amide bonds. The van der Waals surface area contributed by atoms with E-state index >= 15 is 0 Å². The number of piperazine rings is 1. The Kier molecular flexibility index (Phi) is 8.62. The predicted molar refractivity (Wildman–Crippen MR) is 106 cm³/mol. The zero-order chi connectivity index (χ0) is 18.8. The average molecular weight is 362 g/mol. The molecule has 26 heavy (non-hydrogen) atoms. The Morgan fingerprint density at radius 2 is 1.85 bits per heavy atom. The van der Waals surface area contributed by atoms with Gasteiger partial charge in [0.05, 0.1) is 0 Å². The fraction of sp³-hybridized carbons (Fsp3) is 0.571. The van der Waals surface area contributed by atoms with Gasteiger partial charge in [-0.15, -0.1) is 0 Å². The van der Waals surface area contributed by atoms with Crippen LogP contribution >= 0.6 is 0 Å². The van der Waals surface area contributed by atoms with E-state index < -0.39 is 0 Å². The molecule has 0 radical (unpaired) electrons. The summed E-state index contributed by atoms with van der Waals surface area (Å²) in [4.78, 5) is 16.2. The summed E-state index contributed by atoms with van der Waals surface area (Å²) in [5.74, 6) is -0.187. The second-order valence-electron chi connectivity index (χ2n) is 6.79. The summed E-state index contributed by atoms with van der Waals surface area (Å²) >= 11 is 0. The number of carbonyl (C=O) groups is 1. The Labute approximate surface area is 157 Å². The quantitative estimate of drug-likeness (QED) is 0.755. The highest BCUT2D eigenvalue weighted by Gasteiger charge is 2.20. The number of allylic oxidation sites excluding steroid dienone is 2. The lowest BCUT2D eigenvalue weighted by Crippen LogP contribution is -2.51. The molecular weight excluding hydrogens is 329 g/mol. The van der Waals surface area contributed by atoms with Crippen molar-refractivity contribution in [1.82, 2.24) is 15.1 Å². The molecule has 4 nitrogen and oxygen atoms in total. The number of halogens is 1. The fourth-order valence-corrected chi connectivity index (χ4v) is 3.28. The molecule has 0 aromatic heterocycles. The number of rotatable bonds is 8. The van der Waals surface area contributed by atoms with Crippen LogP contribution in [0.3, 0.4) is 0 Å². The van der Waals surface area contributed by atoms with E-state index in [1.165, 1.54) is 17.7 Å². The summed E-state index contributed by atoms with van der Waals surface area (Å²) in [6.07, 6.45) is 6.54. The smallest absolute Gasteiger partial charge is 0.317 e. The SMILES string of the molecule is CCCC=C(CCCN1CCN(C(=O)NCC)CC1)c1ccc(F)cc1. The number of hydrogen-bond donors (Lipinski definition) is 1. The first-order chi connectivity index (χ1) is 12.6. The number of nitrogens with zero attached hydrogens (tertiary/aromatic N) is 2. The van der Waals surface area contributed by atoms with Crippen molar-refractivity contribution in [3.05, 3.63) is 41.7 Å². The molecule has 1 aromatic rings. The van der Waals surface area contributed by atoms with E-state index in [4.69, 9.17) is 0 Å². The van der Waals surface area contributed by atoms with E-state index in [0.717, 1.165) is 64.0 Å². The zero-order valence-corrected chi connectivity index (χ0v) is 16.1. The van der Waals surface area contributed by atoms with Gasteiger partial charge in [-0.25, -0.2) is 9.18 Å². The Morgan fingerprint density at radius 3 is 2.46 bits per heavy atom. The van der Waals surface area contributed by atoms with Crippen molar-refractivity contribution in [2.45, 2.75) is 39.5 Å². The molecule has 1 fully saturated rings. The van der Waals surface area contributed by atoms with Crippen molar-refractivity contribution < 1.29 is 9.18 Å². The molecule has 1 saturated heterocycles. The van der Waals surface area contributed by atoms with Crippen LogP contribution in [0.1, 0.15) is 45.1 Å². The topological polar surface area (TPSA) is 35.6 Å². The highest BCUT2D eigenvalue weighted by molar-refractivity contribution is 5.74. The number of unbranched alkanes of at least 4 members (excludes halogenated alkanes) is 1. The summed E-state index contributed by atoms with van der Waals surface area (Å²) in [5.41, 5.74) is 2.44. The molecule has 0 aliphatic carbocycles. The first-order valence-electron chi connectivity index (χ1n) is 9.84. The van der Waals surface area contributed by atoms with Crippen LogP contribution in [0.4, 0.5) is 9.18 Å². The molecule has 1 aliphatic heterocycles. The second kappa shape index (κ2) is 11.0. The van der Waals surface area contributed by atoms with E-state index in [-0.39, 0.29) is 11.8 Å². The Morgan fingerprint density at radius 1 is 1.15 bits per heavy atom. The molecule has 0 bridgehead atoms. The molecule has 0 atom stereocenters. The molecule has 1 aromatic carbocycles. The minimum absolute atomic E-state index is 0.0493. The lowest BCUT2D eigenvalue weighted by atomic mass is 9.99. The first-order valence-corrected chi connectivity index (χ1v) is 9.84. The van der Waals surface area contributed by atoms with Crippen LogP contribution in [0, 0.1) is 5.82 Å². The van der Waals surface area contributed by atoms with Gasteiger partial charge in [-0.05, 0) is 56.0 Å². The maximum absolute atomic E-state index is 13.2. The molecular formula is C21H32FN3O. The van der Waals surface area contributed by atoms with Gasteiger partial charge in [-0.2, -0.15) is 0 Å². The van der Waals surface area contributed by atoms with Gasteiger partial charge in [-0.1, -0.05) is 31.6 Å². The summed E-state index contributed by atoms with van der Waals surface area (Å²) in [6.45, 7) is 9.28. The molecule has 0 saturated carbocycles. The summed E-state index contributed by atoms with van der Waals surface area (Å²) in [6, 6.07) is 6.88. The third kappa shape index (κ3) is 6.45. The summed E-state index contributed by atoms with van der Waals surface area (Å²) in [5, 5.41) is 2.86. The monoisotopic (exact) mass is 361 g/mol. The molecule has 5 heteroatoms. The molecule has 144 valence electrons. The van der Waals surface area contributed by atoms with E-state index in [0.29, 0.717) is 6.54 Å². The van der Waals surface area contributed by atoms with Gasteiger partial charge in [0.1, 0.15) is 5.82 Å². The third-order valence-electron chi connectivity index (χ3n) is 4.80. The largest absolute Gasteiger partial charge is 0.338 e. The Hall–Kier alpha value is -1.88. The van der Waals surface area contributed by atoms with Gasteiger partial charge < -0.3 is 10.2 Å². The first kappa shape index (κ1) is 20.4. The predicted octanol–water partition coefficient (Wildman–Crippen LogP) is 4.14. The molecule has 2 rings (SSSR count). The van der Waals surface area contributed by atoms with Crippen molar-refractivity contribution in [3.8, 4) is 0 Å². The summed E-state index contributed by atoms with van der Waals surface area (Å²) < 4.78 is 13.2. The van der Waals surface area contributed by atoms with Crippen LogP contribution in [0.25, 0.3) is 5.57 Å². The van der Waals surface area contributed by atoms with E-state index in [1.807, 2.05) is 24.0 Å². The molecule has 1 aliphatic rings. The molecule has 0 spiro atoms. The number of urea groups is 1. The van der Waals surface area contributed by atoms with Crippen LogP contribution in [0.15, 0.2) is 30.3 Å². The molecule has 1 heterocycles. The van der Waals surface area contributed by atoms with Crippen molar-refractivity contribution in [3.63, 3.8) is 0 Å². The average Bonchev–Trinajstić information content (AvgIpc) is 2.66. The van der Waals surface area contributed by atoms with Crippen LogP contribution in [-0.2, 0) is 0 Å². The highest BCUT2D eigenvalue weighted by atomic mass is 19.1. The zero-order valence-electron chi connectivity index (χ0n) is 16.1. The van der Waals surface area contributed by atoms with Crippen LogP contribution < -0.4 is 5.32 Å². The lowest BCUT2D eigenvalue weighted by molar-refractivity contribution is 0.139. The maximum Gasteiger partial charge on any atom is 0.317 e. The van der Waals surface area contributed by atoms with Gasteiger partial charge in [-0.3, -0.25) is 4.90 Å². The number of carbonyl (C=O) groups excluding carboxylic acids is 1. The van der Waals surface area contributed by atoms with Gasteiger partial charge in [0, 0.05) is 32.7 Å². The number of benzene rings is 1. The van der Waals surface area contributed by atoms with Crippen LogP contribution in [-0.4, -0.2) is 55.1 Å². The van der Waals surface area contributed by atoms with Crippen LogP contribution in [0.5, 0.6) is 0 Å². The number of hydrogen-bond acceptors (Lipinski definition) is 2. The minimum atomic E-state index is -0.187. The van der Waals surface area contributed by atoms with Crippen molar-refractivity contribution in [2.75, 3.05) is 39.3 Å². The van der Waals surface area contributed by atoms with Gasteiger partial charge >= 0.3 is 6.03 Å². The third-order valence-corrected chi connectivity index (χ3v) is 4.80. The standard InChI is InChI=1S/C21H32FN3O/c1-3-5-7-18(19-9-11-20(22)12-10-19)8-6-13-24-14-16-25(17-15-24)21(26)23-4-2/h7,9-12H,3-6,8,13-17H2,1-2H3,(H,23,26). The van der Waals surface area contributed by atoms with E-state index in [9.17, 15) is 9.18 Å². The molecule has 0 unspecified atom stereocenters.